The highest BCUT2D eigenvalue weighted by molar-refractivity contribution is 5.77. The molecule has 0 aromatic heterocycles. The van der Waals surface area contributed by atoms with Gasteiger partial charge in [0.1, 0.15) is 11.6 Å². The van der Waals surface area contributed by atoms with Crippen LogP contribution in [0, 0.1) is 17.6 Å². The van der Waals surface area contributed by atoms with E-state index in [-0.39, 0.29) is 0 Å². The summed E-state index contributed by atoms with van der Waals surface area (Å²) < 4.78 is 25.8. The van der Waals surface area contributed by atoms with E-state index < -0.39 is 11.6 Å². The Kier molecular flexibility index (Phi) is 5.55. The third kappa shape index (κ3) is 5.61. The molecule has 5 heteroatoms. The molecule has 0 unspecified atom stereocenters. The minimum absolute atomic E-state index is 0.362. The fourth-order valence-corrected chi connectivity index (χ4v) is 1.43. The maximum Gasteiger partial charge on any atom is 0.188 e. The zero-order chi connectivity index (χ0) is 13.5. The van der Waals surface area contributed by atoms with Gasteiger partial charge in [0.25, 0.3) is 0 Å². The summed E-state index contributed by atoms with van der Waals surface area (Å²) in [7, 11) is 0. The average molecular weight is 255 g/mol. The molecule has 0 amide bonds. The summed E-state index contributed by atoms with van der Waals surface area (Å²) in [6.07, 6.45) is 0.493. The van der Waals surface area contributed by atoms with Crippen molar-refractivity contribution in [2.24, 2.45) is 16.6 Å². The Morgan fingerprint density at radius 3 is 2.44 bits per heavy atom. The fourth-order valence-electron chi connectivity index (χ4n) is 1.43. The van der Waals surface area contributed by atoms with E-state index in [4.69, 9.17) is 5.73 Å². The Morgan fingerprint density at radius 1 is 1.28 bits per heavy atom. The first-order valence-corrected chi connectivity index (χ1v) is 5.96. The predicted octanol–water partition coefficient (Wildman–Crippen LogP) is 2.07. The van der Waals surface area contributed by atoms with Crippen LogP contribution in [0.4, 0.5) is 8.78 Å². The Morgan fingerprint density at radius 2 is 1.89 bits per heavy atom. The Hall–Kier alpha value is -1.65. The van der Waals surface area contributed by atoms with Crippen molar-refractivity contribution in [1.29, 1.82) is 0 Å². The summed E-state index contributed by atoms with van der Waals surface area (Å²) >= 11 is 0. The van der Waals surface area contributed by atoms with Crippen LogP contribution in [-0.2, 0) is 6.42 Å². The molecule has 0 radical (unpaired) electrons. The minimum Gasteiger partial charge on any atom is -0.370 e. The zero-order valence-electron chi connectivity index (χ0n) is 10.7. The van der Waals surface area contributed by atoms with Crippen LogP contribution in [-0.4, -0.2) is 19.0 Å². The van der Waals surface area contributed by atoms with E-state index in [2.05, 4.69) is 10.3 Å². The molecule has 1 aromatic carbocycles. The summed E-state index contributed by atoms with van der Waals surface area (Å²) in [6.45, 7) is 5.25. The summed E-state index contributed by atoms with van der Waals surface area (Å²) in [5, 5.41) is 2.91. The molecule has 1 rings (SSSR count). The molecule has 0 spiro atoms. The molecule has 1 aromatic rings. The van der Waals surface area contributed by atoms with Gasteiger partial charge in [0.15, 0.2) is 5.96 Å². The predicted molar refractivity (Wildman–Crippen MR) is 69.4 cm³/mol. The third-order valence-electron chi connectivity index (χ3n) is 2.27. The van der Waals surface area contributed by atoms with E-state index in [1.54, 1.807) is 0 Å². The molecular weight excluding hydrogens is 236 g/mol. The highest BCUT2D eigenvalue weighted by Gasteiger charge is 2.01. The van der Waals surface area contributed by atoms with Gasteiger partial charge in [0.2, 0.25) is 0 Å². The lowest BCUT2D eigenvalue weighted by molar-refractivity contribution is 0.579. The van der Waals surface area contributed by atoms with Crippen LogP contribution < -0.4 is 11.1 Å². The standard InChI is InChI=1S/C13H19F2N3/c1-9(2)8-18-13(16)17-4-3-10-5-11(14)7-12(15)6-10/h5-7,9H,3-4,8H2,1-2H3,(H3,16,17,18). The molecule has 3 nitrogen and oxygen atoms in total. The number of rotatable bonds is 5. The first-order chi connectivity index (χ1) is 8.47. The fraction of sp³-hybridized carbons (Fsp3) is 0.462. The van der Waals surface area contributed by atoms with Crippen molar-refractivity contribution < 1.29 is 8.78 Å². The topological polar surface area (TPSA) is 50.4 Å². The zero-order valence-corrected chi connectivity index (χ0v) is 10.7. The number of hydrogen-bond donors (Lipinski definition) is 2. The minimum atomic E-state index is -0.563. The molecule has 0 bridgehead atoms. The molecule has 0 aliphatic rings. The van der Waals surface area contributed by atoms with Crippen molar-refractivity contribution in [2.75, 3.05) is 13.1 Å². The number of nitrogens with zero attached hydrogens (tertiary/aromatic N) is 1. The van der Waals surface area contributed by atoms with E-state index in [1.165, 1.54) is 12.1 Å². The van der Waals surface area contributed by atoms with Gasteiger partial charge in [-0.3, -0.25) is 4.99 Å². The molecule has 0 aliphatic heterocycles. The van der Waals surface area contributed by atoms with Crippen molar-refractivity contribution in [3.05, 3.63) is 35.4 Å². The van der Waals surface area contributed by atoms with Gasteiger partial charge >= 0.3 is 0 Å². The average Bonchev–Trinajstić information content (AvgIpc) is 2.25. The highest BCUT2D eigenvalue weighted by Crippen LogP contribution is 2.07. The van der Waals surface area contributed by atoms with E-state index >= 15 is 0 Å². The molecule has 0 aliphatic carbocycles. The molecular formula is C13H19F2N3. The number of nitrogens with one attached hydrogen (secondary N) is 1. The van der Waals surface area contributed by atoms with Gasteiger partial charge < -0.3 is 11.1 Å². The maximum absolute atomic E-state index is 12.9. The lowest BCUT2D eigenvalue weighted by atomic mass is 10.1. The van der Waals surface area contributed by atoms with Crippen molar-refractivity contribution in [3.8, 4) is 0 Å². The van der Waals surface area contributed by atoms with Gasteiger partial charge in [-0.1, -0.05) is 13.8 Å². The number of halogens is 2. The summed E-state index contributed by atoms with van der Waals surface area (Å²) in [5.74, 6) is -0.318. The number of aliphatic imine (C=N–C) groups is 1. The van der Waals surface area contributed by atoms with Crippen LogP contribution in [0.3, 0.4) is 0 Å². The molecule has 0 heterocycles. The number of hydrogen-bond acceptors (Lipinski definition) is 1. The first kappa shape index (κ1) is 14.4. The lowest BCUT2D eigenvalue weighted by Gasteiger charge is -2.07. The quantitative estimate of drug-likeness (QED) is 0.625. The van der Waals surface area contributed by atoms with E-state index in [9.17, 15) is 8.78 Å². The largest absolute Gasteiger partial charge is 0.370 e. The summed E-state index contributed by atoms with van der Waals surface area (Å²) in [5.41, 5.74) is 6.23. The number of guanidine groups is 1. The second-order valence-corrected chi connectivity index (χ2v) is 4.57. The molecule has 18 heavy (non-hydrogen) atoms. The molecule has 0 fully saturated rings. The van der Waals surface area contributed by atoms with E-state index in [0.717, 1.165) is 6.07 Å². The Balaban J connectivity index is 2.39. The van der Waals surface area contributed by atoms with Crippen molar-refractivity contribution in [3.63, 3.8) is 0 Å². The van der Waals surface area contributed by atoms with Gasteiger partial charge in [0.05, 0.1) is 0 Å². The summed E-state index contributed by atoms with van der Waals surface area (Å²) in [6, 6.07) is 3.48. The van der Waals surface area contributed by atoms with Crippen LogP contribution >= 0.6 is 0 Å². The van der Waals surface area contributed by atoms with Crippen LogP contribution in [0.2, 0.25) is 0 Å². The van der Waals surface area contributed by atoms with Crippen LogP contribution in [0.25, 0.3) is 0 Å². The molecule has 3 N–H and O–H groups in total. The normalized spacial score (nSPS) is 11.9. The molecule has 0 saturated heterocycles. The van der Waals surface area contributed by atoms with Crippen molar-refractivity contribution in [1.82, 2.24) is 5.32 Å². The summed E-state index contributed by atoms with van der Waals surface area (Å²) in [4.78, 5) is 4.13. The Bertz CT molecular complexity index is 396. The number of benzene rings is 1. The van der Waals surface area contributed by atoms with Crippen LogP contribution in [0.5, 0.6) is 0 Å². The number of nitrogens with two attached hydrogens (primary N) is 1. The van der Waals surface area contributed by atoms with Crippen molar-refractivity contribution >= 4 is 5.96 Å². The first-order valence-electron chi connectivity index (χ1n) is 5.96. The van der Waals surface area contributed by atoms with E-state index in [1.807, 2.05) is 13.8 Å². The lowest BCUT2D eigenvalue weighted by Crippen LogP contribution is -2.33. The molecule has 0 saturated carbocycles. The van der Waals surface area contributed by atoms with Gasteiger partial charge in [-0.25, -0.2) is 8.78 Å². The van der Waals surface area contributed by atoms with Crippen LogP contribution in [0.15, 0.2) is 23.2 Å². The van der Waals surface area contributed by atoms with E-state index in [0.29, 0.717) is 37.0 Å². The SMILES string of the molecule is CC(C)CN=C(N)NCCc1cc(F)cc(F)c1. The second kappa shape index (κ2) is 6.93. The maximum atomic E-state index is 12.9. The second-order valence-electron chi connectivity index (χ2n) is 4.57. The Labute approximate surface area is 106 Å². The van der Waals surface area contributed by atoms with Gasteiger partial charge in [-0.2, -0.15) is 0 Å². The highest BCUT2D eigenvalue weighted by atomic mass is 19.1. The van der Waals surface area contributed by atoms with Gasteiger partial charge in [-0.15, -0.1) is 0 Å². The van der Waals surface area contributed by atoms with Crippen molar-refractivity contribution in [2.45, 2.75) is 20.3 Å². The van der Waals surface area contributed by atoms with Crippen LogP contribution in [0.1, 0.15) is 19.4 Å². The van der Waals surface area contributed by atoms with Gasteiger partial charge in [-0.05, 0) is 30.0 Å². The molecule has 100 valence electrons. The smallest absolute Gasteiger partial charge is 0.188 e. The monoisotopic (exact) mass is 255 g/mol. The molecule has 0 atom stereocenters. The third-order valence-corrected chi connectivity index (χ3v) is 2.27. The van der Waals surface area contributed by atoms with Gasteiger partial charge in [0, 0.05) is 19.2 Å².